The van der Waals surface area contributed by atoms with E-state index in [2.05, 4.69) is 11.2 Å². The molecule has 1 rings (SSSR count). The molecule has 0 bridgehead atoms. The van der Waals surface area contributed by atoms with Crippen LogP contribution >= 0.6 is 11.8 Å². The lowest BCUT2D eigenvalue weighted by atomic mass is 10.3. The molecular formula is C12H12FNOS. The molecule has 1 N–H and O–H groups in total. The highest BCUT2D eigenvalue weighted by molar-refractivity contribution is 8.00. The Kier molecular flexibility index (Phi) is 4.87. The van der Waals surface area contributed by atoms with E-state index in [9.17, 15) is 9.18 Å². The Balaban J connectivity index is 2.51. The van der Waals surface area contributed by atoms with Gasteiger partial charge < -0.3 is 5.32 Å². The van der Waals surface area contributed by atoms with Gasteiger partial charge in [0.1, 0.15) is 5.82 Å². The van der Waals surface area contributed by atoms with Crippen LogP contribution in [0, 0.1) is 18.2 Å². The fraction of sp³-hybridized carbons (Fsp3) is 0.250. The summed E-state index contributed by atoms with van der Waals surface area (Å²) in [7, 11) is 0. The standard InChI is InChI=1S/C12H12FNOS/c1-3-8-14-12(15)9(2)16-11-6-4-10(13)5-7-11/h1,4-7,9H,8H2,2H3,(H,14,15)/t9-/m0/s1. The molecule has 1 aromatic rings. The average molecular weight is 237 g/mol. The van der Waals surface area contributed by atoms with E-state index in [0.29, 0.717) is 0 Å². The Bertz CT molecular complexity index is 396. The lowest BCUT2D eigenvalue weighted by Crippen LogP contribution is -2.30. The van der Waals surface area contributed by atoms with Crippen LogP contribution in [0.5, 0.6) is 0 Å². The van der Waals surface area contributed by atoms with Gasteiger partial charge in [0.2, 0.25) is 5.91 Å². The highest BCUT2D eigenvalue weighted by atomic mass is 32.2. The first-order chi connectivity index (χ1) is 7.63. The summed E-state index contributed by atoms with van der Waals surface area (Å²) >= 11 is 1.36. The maximum atomic E-state index is 12.6. The van der Waals surface area contributed by atoms with Gasteiger partial charge in [-0.15, -0.1) is 18.2 Å². The van der Waals surface area contributed by atoms with Gasteiger partial charge in [-0.25, -0.2) is 4.39 Å². The summed E-state index contributed by atoms with van der Waals surface area (Å²) < 4.78 is 12.6. The lowest BCUT2D eigenvalue weighted by Gasteiger charge is -2.10. The Hall–Kier alpha value is -1.47. The van der Waals surface area contributed by atoms with Gasteiger partial charge in [-0.2, -0.15) is 0 Å². The SMILES string of the molecule is C#CCNC(=O)[C@H](C)Sc1ccc(F)cc1. The molecule has 0 aliphatic rings. The van der Waals surface area contributed by atoms with Crippen molar-refractivity contribution < 1.29 is 9.18 Å². The number of hydrogen-bond acceptors (Lipinski definition) is 2. The van der Waals surface area contributed by atoms with E-state index in [-0.39, 0.29) is 23.5 Å². The topological polar surface area (TPSA) is 29.1 Å². The van der Waals surface area contributed by atoms with Crippen molar-refractivity contribution in [2.75, 3.05) is 6.54 Å². The minimum Gasteiger partial charge on any atom is -0.344 e. The lowest BCUT2D eigenvalue weighted by molar-refractivity contribution is -0.120. The number of hydrogen-bond donors (Lipinski definition) is 1. The molecule has 16 heavy (non-hydrogen) atoms. The second kappa shape index (κ2) is 6.19. The molecule has 0 aliphatic heterocycles. The molecule has 0 spiro atoms. The van der Waals surface area contributed by atoms with Gasteiger partial charge in [0.15, 0.2) is 0 Å². The van der Waals surface area contributed by atoms with Crippen molar-refractivity contribution in [2.45, 2.75) is 17.1 Å². The monoisotopic (exact) mass is 237 g/mol. The van der Waals surface area contributed by atoms with Gasteiger partial charge in [0.05, 0.1) is 11.8 Å². The van der Waals surface area contributed by atoms with Crippen LogP contribution in [-0.4, -0.2) is 17.7 Å². The van der Waals surface area contributed by atoms with Crippen molar-refractivity contribution in [3.63, 3.8) is 0 Å². The molecule has 0 aliphatic carbocycles. The third-order valence-corrected chi connectivity index (χ3v) is 2.97. The van der Waals surface area contributed by atoms with E-state index in [1.54, 1.807) is 19.1 Å². The van der Waals surface area contributed by atoms with Crippen LogP contribution in [0.25, 0.3) is 0 Å². The smallest absolute Gasteiger partial charge is 0.233 e. The number of rotatable bonds is 4. The molecule has 0 heterocycles. The number of amides is 1. The van der Waals surface area contributed by atoms with Crippen LogP contribution in [0.3, 0.4) is 0 Å². The first-order valence-corrected chi connectivity index (χ1v) is 5.65. The predicted molar refractivity (Wildman–Crippen MR) is 63.6 cm³/mol. The van der Waals surface area contributed by atoms with Gasteiger partial charge in [0, 0.05) is 4.90 Å². The molecule has 4 heteroatoms. The molecule has 0 fully saturated rings. The maximum Gasteiger partial charge on any atom is 0.233 e. The zero-order chi connectivity index (χ0) is 12.0. The summed E-state index contributed by atoms with van der Waals surface area (Å²) in [5.74, 6) is 1.93. The molecule has 2 nitrogen and oxygen atoms in total. The number of terminal acetylenes is 1. The van der Waals surface area contributed by atoms with Crippen molar-refractivity contribution in [1.29, 1.82) is 0 Å². The number of nitrogens with one attached hydrogen (secondary N) is 1. The van der Waals surface area contributed by atoms with E-state index in [4.69, 9.17) is 6.42 Å². The van der Waals surface area contributed by atoms with E-state index >= 15 is 0 Å². The van der Waals surface area contributed by atoms with Gasteiger partial charge in [0.25, 0.3) is 0 Å². The molecule has 84 valence electrons. The predicted octanol–water partition coefficient (Wildman–Crippen LogP) is 2.06. The highest BCUT2D eigenvalue weighted by Crippen LogP contribution is 2.23. The van der Waals surface area contributed by atoms with Crippen LogP contribution in [-0.2, 0) is 4.79 Å². The Morgan fingerprint density at radius 1 is 1.56 bits per heavy atom. The quantitative estimate of drug-likeness (QED) is 0.641. The molecule has 0 saturated heterocycles. The first kappa shape index (κ1) is 12.6. The van der Waals surface area contributed by atoms with Gasteiger partial charge in [-0.05, 0) is 31.2 Å². The van der Waals surface area contributed by atoms with Crippen molar-refractivity contribution in [2.24, 2.45) is 0 Å². The third kappa shape index (κ3) is 3.95. The summed E-state index contributed by atoms with van der Waals surface area (Å²) in [6, 6.07) is 6.03. The number of thioether (sulfide) groups is 1. The Labute approximate surface area is 98.6 Å². The van der Waals surface area contributed by atoms with Crippen molar-refractivity contribution in [1.82, 2.24) is 5.32 Å². The number of carbonyl (C=O) groups is 1. The molecule has 1 atom stereocenters. The van der Waals surface area contributed by atoms with E-state index in [1.165, 1.54) is 23.9 Å². The van der Waals surface area contributed by atoms with Gasteiger partial charge >= 0.3 is 0 Å². The highest BCUT2D eigenvalue weighted by Gasteiger charge is 2.13. The Morgan fingerprint density at radius 2 is 2.19 bits per heavy atom. The maximum absolute atomic E-state index is 12.6. The normalized spacial score (nSPS) is 11.6. The second-order valence-corrected chi connectivity index (χ2v) is 4.55. The molecule has 1 amide bonds. The molecule has 0 saturated carbocycles. The zero-order valence-corrected chi connectivity index (χ0v) is 9.68. The molecule has 0 radical (unpaired) electrons. The molecule has 0 aromatic heterocycles. The number of benzene rings is 1. The van der Waals surface area contributed by atoms with Crippen LogP contribution in [0.2, 0.25) is 0 Å². The van der Waals surface area contributed by atoms with Crippen LogP contribution < -0.4 is 5.32 Å². The summed E-state index contributed by atoms with van der Waals surface area (Å²) in [5.41, 5.74) is 0. The number of carbonyl (C=O) groups excluding carboxylic acids is 1. The average Bonchev–Trinajstić information content (AvgIpc) is 2.29. The molecule has 0 unspecified atom stereocenters. The summed E-state index contributed by atoms with van der Waals surface area (Å²) in [6.07, 6.45) is 5.03. The zero-order valence-electron chi connectivity index (χ0n) is 8.87. The Morgan fingerprint density at radius 3 is 2.75 bits per heavy atom. The second-order valence-electron chi connectivity index (χ2n) is 3.14. The van der Waals surface area contributed by atoms with E-state index < -0.39 is 0 Å². The van der Waals surface area contributed by atoms with Crippen molar-refractivity contribution in [3.8, 4) is 12.3 Å². The van der Waals surface area contributed by atoms with E-state index in [0.717, 1.165) is 4.90 Å². The summed E-state index contributed by atoms with van der Waals surface area (Å²) in [5, 5.41) is 2.34. The number of halogens is 1. The minimum atomic E-state index is -0.284. The first-order valence-electron chi connectivity index (χ1n) is 4.77. The van der Waals surface area contributed by atoms with Gasteiger partial charge in [-0.1, -0.05) is 5.92 Å². The fourth-order valence-corrected chi connectivity index (χ4v) is 1.94. The minimum absolute atomic E-state index is 0.118. The van der Waals surface area contributed by atoms with Crippen molar-refractivity contribution in [3.05, 3.63) is 30.1 Å². The third-order valence-electron chi connectivity index (χ3n) is 1.86. The van der Waals surface area contributed by atoms with Crippen LogP contribution in [0.4, 0.5) is 4.39 Å². The fourth-order valence-electron chi connectivity index (χ4n) is 1.05. The summed E-state index contributed by atoms with van der Waals surface area (Å²) in [4.78, 5) is 12.3. The molecule has 1 aromatic carbocycles. The largest absolute Gasteiger partial charge is 0.344 e. The van der Waals surface area contributed by atoms with E-state index in [1.807, 2.05) is 0 Å². The van der Waals surface area contributed by atoms with Gasteiger partial charge in [-0.3, -0.25) is 4.79 Å². The summed E-state index contributed by atoms with van der Waals surface area (Å²) in [6.45, 7) is 2.01. The van der Waals surface area contributed by atoms with Crippen LogP contribution in [0.15, 0.2) is 29.2 Å². The van der Waals surface area contributed by atoms with Crippen LogP contribution in [0.1, 0.15) is 6.92 Å². The molecular weight excluding hydrogens is 225 g/mol. The van der Waals surface area contributed by atoms with Crippen molar-refractivity contribution >= 4 is 17.7 Å².